The molecule has 0 saturated heterocycles. The van der Waals surface area contributed by atoms with E-state index in [1.165, 1.54) is 24.2 Å². The second kappa shape index (κ2) is 3.82. The highest BCUT2D eigenvalue weighted by Gasteiger charge is 2.17. The van der Waals surface area contributed by atoms with Gasteiger partial charge in [-0.2, -0.15) is 0 Å². The molecule has 0 spiro atoms. The maximum Gasteiger partial charge on any atom is 0.339 e. The van der Waals surface area contributed by atoms with Crippen LogP contribution in [0, 0.1) is 0 Å². The number of aliphatic carboxylic acids is 1. The topological polar surface area (TPSA) is 89.9 Å². The molecule has 3 N–H and O–H groups in total. The van der Waals surface area contributed by atoms with Gasteiger partial charge in [-0.05, 0) is 6.08 Å². The Morgan fingerprint density at radius 3 is 2.64 bits per heavy atom. The van der Waals surface area contributed by atoms with Crippen molar-refractivity contribution in [2.75, 3.05) is 6.54 Å². The molecule has 0 bridgehead atoms. The van der Waals surface area contributed by atoms with Crippen LogP contribution in [0.4, 0.5) is 0 Å². The van der Waals surface area contributed by atoms with Crippen molar-refractivity contribution in [2.45, 2.75) is 6.92 Å². The van der Waals surface area contributed by atoms with Gasteiger partial charge in [0.1, 0.15) is 11.3 Å². The largest absolute Gasteiger partial charge is 0.509 e. The van der Waals surface area contributed by atoms with Gasteiger partial charge in [0.05, 0.1) is 6.54 Å². The number of hydrogen-bond acceptors (Lipinski definition) is 4. The van der Waals surface area contributed by atoms with Crippen LogP contribution in [0.5, 0.6) is 0 Å². The van der Waals surface area contributed by atoms with E-state index in [0.29, 0.717) is 0 Å². The molecule has 0 atom stereocenters. The lowest BCUT2D eigenvalue weighted by Gasteiger charge is -2.23. The van der Waals surface area contributed by atoms with Crippen LogP contribution >= 0.6 is 0 Å². The minimum Gasteiger partial charge on any atom is -0.509 e. The van der Waals surface area contributed by atoms with Crippen LogP contribution in [0.25, 0.3) is 0 Å². The third-order valence-electron chi connectivity index (χ3n) is 1.58. The SMILES string of the molecule is CC(=O)NN1C=CC(C(=O)O)=C(O)C1. The van der Waals surface area contributed by atoms with Crippen molar-refractivity contribution < 1.29 is 19.8 Å². The number of carbonyl (C=O) groups excluding carboxylic acids is 1. The Balaban J connectivity index is 2.71. The lowest BCUT2D eigenvalue weighted by Crippen LogP contribution is -2.40. The van der Waals surface area contributed by atoms with Crippen molar-refractivity contribution >= 4 is 11.9 Å². The minimum atomic E-state index is -1.19. The van der Waals surface area contributed by atoms with Gasteiger partial charge in [0.2, 0.25) is 5.91 Å². The summed E-state index contributed by atoms with van der Waals surface area (Å²) in [6.45, 7) is 1.28. The lowest BCUT2D eigenvalue weighted by atomic mass is 10.2. The third kappa shape index (κ3) is 2.25. The first-order valence-electron chi connectivity index (χ1n) is 3.88. The molecule has 0 saturated carbocycles. The number of carboxylic acid groups (broad SMARTS) is 1. The summed E-state index contributed by atoms with van der Waals surface area (Å²) in [6.07, 6.45) is 2.60. The van der Waals surface area contributed by atoms with Crippen molar-refractivity contribution in [3.05, 3.63) is 23.6 Å². The zero-order valence-corrected chi connectivity index (χ0v) is 7.52. The Kier molecular flexibility index (Phi) is 2.76. The van der Waals surface area contributed by atoms with Gasteiger partial charge in [-0.25, -0.2) is 4.79 Å². The Labute approximate surface area is 80.1 Å². The first-order chi connectivity index (χ1) is 6.50. The van der Waals surface area contributed by atoms with Crippen LogP contribution < -0.4 is 5.43 Å². The molecule has 0 aromatic rings. The van der Waals surface area contributed by atoms with Gasteiger partial charge in [0, 0.05) is 13.1 Å². The number of nitrogens with zero attached hydrogens (tertiary/aromatic N) is 1. The molecule has 1 aliphatic rings. The predicted molar refractivity (Wildman–Crippen MR) is 47.0 cm³/mol. The molecule has 14 heavy (non-hydrogen) atoms. The van der Waals surface area contributed by atoms with E-state index in [4.69, 9.17) is 5.11 Å². The molecule has 6 nitrogen and oxygen atoms in total. The highest BCUT2D eigenvalue weighted by molar-refractivity contribution is 5.90. The van der Waals surface area contributed by atoms with Gasteiger partial charge in [-0.3, -0.25) is 15.2 Å². The van der Waals surface area contributed by atoms with Crippen LogP contribution in [0.2, 0.25) is 0 Å². The number of hydrazine groups is 1. The van der Waals surface area contributed by atoms with Gasteiger partial charge in [0.15, 0.2) is 0 Å². The summed E-state index contributed by atoms with van der Waals surface area (Å²) >= 11 is 0. The van der Waals surface area contributed by atoms with Crippen molar-refractivity contribution in [1.82, 2.24) is 10.4 Å². The molecule has 0 aliphatic carbocycles. The maximum atomic E-state index is 10.6. The predicted octanol–water partition coefficient (Wildman–Crippen LogP) is -0.236. The van der Waals surface area contributed by atoms with Crippen LogP contribution in [-0.4, -0.2) is 33.6 Å². The highest BCUT2D eigenvalue weighted by atomic mass is 16.4. The van der Waals surface area contributed by atoms with E-state index < -0.39 is 5.97 Å². The monoisotopic (exact) mass is 198 g/mol. The number of hydrogen-bond donors (Lipinski definition) is 3. The maximum absolute atomic E-state index is 10.6. The number of rotatable bonds is 2. The molecule has 76 valence electrons. The Hall–Kier alpha value is -1.98. The molecule has 0 aromatic heterocycles. The molecule has 1 heterocycles. The molecule has 6 heteroatoms. The molecule has 0 aromatic carbocycles. The fourth-order valence-electron chi connectivity index (χ4n) is 1.03. The molecule has 0 radical (unpaired) electrons. The summed E-state index contributed by atoms with van der Waals surface area (Å²) in [5.41, 5.74) is 2.23. The average molecular weight is 198 g/mol. The Morgan fingerprint density at radius 2 is 2.21 bits per heavy atom. The van der Waals surface area contributed by atoms with Gasteiger partial charge in [-0.1, -0.05) is 0 Å². The first-order valence-corrected chi connectivity index (χ1v) is 3.88. The van der Waals surface area contributed by atoms with E-state index in [9.17, 15) is 14.7 Å². The van der Waals surface area contributed by atoms with E-state index in [2.05, 4.69) is 5.43 Å². The molecule has 1 aliphatic heterocycles. The van der Waals surface area contributed by atoms with E-state index in [1.807, 2.05) is 0 Å². The van der Waals surface area contributed by atoms with E-state index >= 15 is 0 Å². The van der Waals surface area contributed by atoms with E-state index in [-0.39, 0.29) is 23.8 Å². The van der Waals surface area contributed by atoms with E-state index in [0.717, 1.165) is 0 Å². The average Bonchev–Trinajstić information content (AvgIpc) is 2.01. The smallest absolute Gasteiger partial charge is 0.339 e. The van der Waals surface area contributed by atoms with Crippen LogP contribution in [0.15, 0.2) is 23.6 Å². The second-order valence-electron chi connectivity index (χ2n) is 2.78. The molecular formula is C8H10N2O4. The fraction of sp³-hybridized carbons (Fsp3) is 0.250. The van der Waals surface area contributed by atoms with Gasteiger partial charge in [-0.15, -0.1) is 0 Å². The summed E-state index contributed by atoms with van der Waals surface area (Å²) in [5.74, 6) is -1.77. The number of carboxylic acids is 1. The number of amides is 1. The van der Waals surface area contributed by atoms with Gasteiger partial charge >= 0.3 is 5.97 Å². The Bertz CT molecular complexity index is 332. The van der Waals surface area contributed by atoms with Crippen LogP contribution in [0.3, 0.4) is 0 Å². The minimum absolute atomic E-state index is 0.0439. The quantitative estimate of drug-likeness (QED) is 0.570. The van der Waals surface area contributed by atoms with E-state index in [1.54, 1.807) is 0 Å². The van der Waals surface area contributed by atoms with Crippen LogP contribution in [0.1, 0.15) is 6.92 Å². The van der Waals surface area contributed by atoms with Crippen molar-refractivity contribution in [2.24, 2.45) is 0 Å². The highest BCUT2D eigenvalue weighted by Crippen LogP contribution is 2.11. The number of nitrogens with one attached hydrogen (secondary N) is 1. The fourth-order valence-corrected chi connectivity index (χ4v) is 1.03. The van der Waals surface area contributed by atoms with Crippen molar-refractivity contribution in [1.29, 1.82) is 0 Å². The molecule has 1 rings (SSSR count). The summed E-state index contributed by atoms with van der Waals surface area (Å²) < 4.78 is 0. The molecule has 0 unspecified atom stereocenters. The van der Waals surface area contributed by atoms with Crippen molar-refractivity contribution in [3.8, 4) is 0 Å². The van der Waals surface area contributed by atoms with Crippen LogP contribution in [-0.2, 0) is 9.59 Å². The van der Waals surface area contributed by atoms with Gasteiger partial charge < -0.3 is 10.2 Å². The number of carbonyl (C=O) groups is 2. The summed E-state index contributed by atoms with van der Waals surface area (Å²) in [5, 5.41) is 19.2. The van der Waals surface area contributed by atoms with Crippen molar-refractivity contribution in [3.63, 3.8) is 0 Å². The number of aliphatic hydroxyl groups excluding tert-OH is 1. The Morgan fingerprint density at radius 1 is 1.57 bits per heavy atom. The zero-order valence-electron chi connectivity index (χ0n) is 7.52. The molecule has 0 fully saturated rings. The summed E-state index contributed by atoms with van der Waals surface area (Å²) in [7, 11) is 0. The lowest BCUT2D eigenvalue weighted by molar-refractivity contribution is -0.132. The summed E-state index contributed by atoms with van der Waals surface area (Å²) in [6, 6.07) is 0. The van der Waals surface area contributed by atoms with Gasteiger partial charge in [0.25, 0.3) is 0 Å². The normalized spacial score (nSPS) is 15.6. The number of aliphatic hydroxyl groups is 1. The third-order valence-corrected chi connectivity index (χ3v) is 1.58. The molecular weight excluding hydrogens is 188 g/mol. The first kappa shape index (κ1) is 10.1. The zero-order chi connectivity index (χ0) is 10.7. The molecule has 1 amide bonds. The standard InChI is InChI=1S/C8H10N2O4/c1-5(11)9-10-3-2-6(8(13)14)7(12)4-10/h2-3,12H,4H2,1H3,(H,9,11)(H,13,14). The second-order valence-corrected chi connectivity index (χ2v) is 2.78. The summed E-state index contributed by atoms with van der Waals surface area (Å²) in [4.78, 5) is 21.2.